The zero-order valence-electron chi connectivity index (χ0n) is 17.0. The van der Waals surface area contributed by atoms with E-state index >= 15 is 0 Å². The summed E-state index contributed by atoms with van der Waals surface area (Å²) in [7, 11) is 1.25. The zero-order chi connectivity index (χ0) is 21.4. The first-order valence-corrected chi connectivity index (χ1v) is 9.87. The number of nitrogens with one attached hydrogen (secondary N) is 1. The lowest BCUT2D eigenvalue weighted by Crippen LogP contribution is -2.34. The third-order valence-corrected chi connectivity index (χ3v) is 5.20. The number of aromatic hydroxyl groups is 1. The summed E-state index contributed by atoms with van der Waals surface area (Å²) < 4.78 is 10.3. The maximum Gasteiger partial charge on any atom is 0.333 e. The van der Waals surface area contributed by atoms with Crippen molar-refractivity contribution in [2.24, 2.45) is 0 Å². The summed E-state index contributed by atoms with van der Waals surface area (Å²) in [5.41, 5.74) is 2.52. The molecule has 2 heterocycles. The topological polar surface area (TPSA) is 115 Å². The molecule has 0 radical (unpaired) electrons. The van der Waals surface area contributed by atoms with Crippen LogP contribution in [0.5, 0.6) is 5.75 Å². The van der Waals surface area contributed by atoms with E-state index in [9.17, 15) is 14.7 Å². The van der Waals surface area contributed by atoms with Gasteiger partial charge in [-0.3, -0.25) is 4.79 Å². The van der Waals surface area contributed by atoms with Gasteiger partial charge in [0.1, 0.15) is 5.75 Å². The van der Waals surface area contributed by atoms with E-state index in [1.807, 2.05) is 13.8 Å². The van der Waals surface area contributed by atoms with Gasteiger partial charge < -0.3 is 19.7 Å². The molecule has 8 nitrogen and oxygen atoms in total. The molecule has 1 saturated carbocycles. The second kappa shape index (κ2) is 7.78. The van der Waals surface area contributed by atoms with Gasteiger partial charge in [-0.1, -0.05) is 31.1 Å². The molecule has 1 amide bonds. The molecule has 0 unspecified atom stereocenters. The van der Waals surface area contributed by atoms with Crippen molar-refractivity contribution in [1.82, 2.24) is 15.5 Å². The monoisotopic (exact) mass is 409 g/mol. The summed E-state index contributed by atoms with van der Waals surface area (Å²) in [5, 5.41) is 17.2. The lowest BCUT2D eigenvalue weighted by molar-refractivity contribution is -0.143. The van der Waals surface area contributed by atoms with Gasteiger partial charge in [0, 0.05) is 11.6 Å². The molecular formula is C22H23N3O5. The van der Waals surface area contributed by atoms with Gasteiger partial charge in [0.15, 0.2) is 6.04 Å². The fraction of sp³-hybridized carbons (Fsp3) is 0.364. The lowest BCUT2D eigenvalue weighted by atomic mass is 10.0. The summed E-state index contributed by atoms with van der Waals surface area (Å²) in [6.45, 7) is 3.91. The first-order chi connectivity index (χ1) is 14.4. The van der Waals surface area contributed by atoms with Crippen molar-refractivity contribution in [2.75, 3.05) is 7.11 Å². The van der Waals surface area contributed by atoms with Crippen LogP contribution in [-0.2, 0) is 9.53 Å². The Labute approximate surface area is 173 Å². The number of carbonyl (C=O) groups excluding carboxylic acids is 2. The highest BCUT2D eigenvalue weighted by molar-refractivity contribution is 6.07. The van der Waals surface area contributed by atoms with Gasteiger partial charge >= 0.3 is 5.97 Å². The normalized spacial score (nSPS) is 14.7. The number of methoxy groups -OCH3 is 1. The van der Waals surface area contributed by atoms with Gasteiger partial charge in [-0.25, -0.2) is 9.78 Å². The number of esters is 1. The number of rotatable bonds is 6. The molecule has 0 aliphatic heterocycles. The molecule has 2 aromatic heterocycles. The van der Waals surface area contributed by atoms with E-state index in [4.69, 9.17) is 9.26 Å². The molecule has 1 aromatic carbocycles. The van der Waals surface area contributed by atoms with Crippen molar-refractivity contribution in [3.8, 4) is 5.75 Å². The fourth-order valence-corrected chi connectivity index (χ4v) is 3.46. The van der Waals surface area contributed by atoms with Crippen molar-refractivity contribution in [1.29, 1.82) is 0 Å². The maximum atomic E-state index is 13.3. The SMILES string of the molecule is COC(=O)[C@@H](NC(=O)c1cc(C2CC2)nc2onc(C(C)C)c12)c1cccc(O)c1. The van der Waals surface area contributed by atoms with Crippen molar-refractivity contribution in [3.05, 3.63) is 52.8 Å². The van der Waals surface area contributed by atoms with E-state index in [-0.39, 0.29) is 11.7 Å². The van der Waals surface area contributed by atoms with Gasteiger partial charge in [0.05, 0.1) is 23.8 Å². The average Bonchev–Trinajstić information content (AvgIpc) is 3.49. The van der Waals surface area contributed by atoms with Crippen LogP contribution in [0.2, 0.25) is 0 Å². The van der Waals surface area contributed by atoms with E-state index in [2.05, 4.69) is 15.5 Å². The Balaban J connectivity index is 1.77. The Morgan fingerprint density at radius 3 is 2.67 bits per heavy atom. The molecule has 0 spiro atoms. The Kier molecular flexibility index (Phi) is 5.15. The van der Waals surface area contributed by atoms with Crippen LogP contribution in [-0.4, -0.2) is 34.2 Å². The van der Waals surface area contributed by atoms with Crippen LogP contribution in [0.1, 0.15) is 71.9 Å². The second-order valence-electron chi connectivity index (χ2n) is 7.80. The third-order valence-electron chi connectivity index (χ3n) is 5.20. The molecule has 1 aliphatic rings. The van der Waals surface area contributed by atoms with Crippen molar-refractivity contribution in [3.63, 3.8) is 0 Å². The molecule has 0 bridgehead atoms. The number of aromatic nitrogens is 2. The van der Waals surface area contributed by atoms with Gasteiger partial charge in [0.25, 0.3) is 11.6 Å². The van der Waals surface area contributed by atoms with Crippen LogP contribution in [0.4, 0.5) is 0 Å². The van der Waals surface area contributed by atoms with Gasteiger partial charge in [-0.15, -0.1) is 0 Å². The Morgan fingerprint density at radius 1 is 1.27 bits per heavy atom. The average molecular weight is 409 g/mol. The lowest BCUT2D eigenvalue weighted by Gasteiger charge is -2.18. The van der Waals surface area contributed by atoms with Crippen LogP contribution in [0.25, 0.3) is 11.1 Å². The van der Waals surface area contributed by atoms with Crippen LogP contribution in [0.15, 0.2) is 34.9 Å². The summed E-state index contributed by atoms with van der Waals surface area (Å²) >= 11 is 0. The first kappa shape index (κ1) is 19.9. The number of nitrogens with zero attached hydrogens (tertiary/aromatic N) is 2. The molecule has 1 fully saturated rings. The van der Waals surface area contributed by atoms with Crippen molar-refractivity contribution < 1.29 is 24.0 Å². The standard InChI is InChI=1S/C22H23N3O5/c1-11(2)18-17-15(10-16(12-7-8-12)23-21(17)30-25-18)20(27)24-19(22(28)29-3)13-5-4-6-14(26)9-13/h4-6,9-12,19,26H,7-8H2,1-3H3,(H,24,27)/t19-/m0/s1. The Hall–Kier alpha value is -3.42. The maximum absolute atomic E-state index is 13.3. The number of amides is 1. The minimum Gasteiger partial charge on any atom is -0.508 e. The summed E-state index contributed by atoms with van der Waals surface area (Å²) in [5.74, 6) is -0.798. The van der Waals surface area contributed by atoms with Crippen LogP contribution in [0.3, 0.4) is 0 Å². The predicted octanol–water partition coefficient (Wildman–Crippen LogP) is 3.57. The Morgan fingerprint density at radius 2 is 2.03 bits per heavy atom. The highest BCUT2D eigenvalue weighted by Crippen LogP contribution is 2.41. The smallest absolute Gasteiger partial charge is 0.333 e. The van der Waals surface area contributed by atoms with Crippen LogP contribution < -0.4 is 5.32 Å². The largest absolute Gasteiger partial charge is 0.508 e. The molecule has 156 valence electrons. The summed E-state index contributed by atoms with van der Waals surface area (Å²) in [4.78, 5) is 30.3. The number of phenols is 1. The number of phenolic OH excluding ortho intramolecular Hbond substituents is 1. The first-order valence-electron chi connectivity index (χ1n) is 9.87. The molecule has 2 N–H and O–H groups in total. The molecule has 0 saturated heterocycles. The molecule has 1 atom stereocenters. The number of pyridine rings is 1. The minimum atomic E-state index is -1.08. The van der Waals surface area contributed by atoms with E-state index < -0.39 is 17.9 Å². The number of benzene rings is 1. The van der Waals surface area contributed by atoms with E-state index in [1.165, 1.54) is 19.2 Å². The molecule has 1 aliphatic carbocycles. The van der Waals surface area contributed by atoms with Gasteiger partial charge in [-0.2, -0.15) is 0 Å². The highest BCUT2D eigenvalue weighted by Gasteiger charge is 2.31. The van der Waals surface area contributed by atoms with Gasteiger partial charge in [0.2, 0.25) is 0 Å². The van der Waals surface area contributed by atoms with E-state index in [1.54, 1.807) is 18.2 Å². The molecule has 4 rings (SSSR count). The third kappa shape index (κ3) is 3.72. The second-order valence-corrected chi connectivity index (χ2v) is 7.80. The molecule has 8 heteroatoms. The van der Waals surface area contributed by atoms with Crippen molar-refractivity contribution in [2.45, 2.75) is 44.6 Å². The number of carbonyl (C=O) groups is 2. The minimum absolute atomic E-state index is 0.0147. The quantitative estimate of drug-likeness (QED) is 0.598. The predicted molar refractivity (Wildman–Crippen MR) is 108 cm³/mol. The summed E-state index contributed by atoms with van der Waals surface area (Å²) in [6, 6.07) is 6.82. The zero-order valence-corrected chi connectivity index (χ0v) is 17.0. The van der Waals surface area contributed by atoms with Crippen LogP contribution in [0, 0.1) is 0 Å². The number of ether oxygens (including phenoxy) is 1. The molecular weight excluding hydrogens is 386 g/mol. The van der Waals surface area contributed by atoms with Gasteiger partial charge in [-0.05, 0) is 42.5 Å². The van der Waals surface area contributed by atoms with Crippen molar-refractivity contribution >= 4 is 23.0 Å². The summed E-state index contributed by atoms with van der Waals surface area (Å²) in [6.07, 6.45) is 2.03. The van der Waals surface area contributed by atoms with Crippen LogP contribution >= 0.6 is 0 Å². The van der Waals surface area contributed by atoms with E-state index in [0.717, 1.165) is 18.5 Å². The molecule has 3 aromatic rings. The molecule has 30 heavy (non-hydrogen) atoms. The highest BCUT2D eigenvalue weighted by atomic mass is 16.5. The number of fused-ring (bicyclic) bond motifs is 1. The van der Waals surface area contributed by atoms with E-state index in [0.29, 0.717) is 33.8 Å². The number of hydrogen-bond acceptors (Lipinski definition) is 7. The number of hydrogen-bond donors (Lipinski definition) is 2. The fourth-order valence-electron chi connectivity index (χ4n) is 3.46. The Bertz CT molecular complexity index is 1120.